The zero-order valence-corrected chi connectivity index (χ0v) is 11.4. The Morgan fingerprint density at radius 2 is 1.61 bits per heavy atom. The van der Waals surface area contributed by atoms with Gasteiger partial charge in [-0.3, -0.25) is 10.1 Å². The summed E-state index contributed by atoms with van der Waals surface area (Å²) in [5.41, 5.74) is 0.720. The number of benzene rings is 1. The minimum Gasteiger partial charge on any atom is -0.392 e. The number of hydrogen-bond acceptors (Lipinski definition) is 4. The number of hydrogen-bond donors (Lipinski definition) is 2. The van der Waals surface area contributed by atoms with Gasteiger partial charge in [0.15, 0.2) is 0 Å². The molecule has 102 valence electrons. The summed E-state index contributed by atoms with van der Waals surface area (Å²) in [5, 5.41) is 22.0. The number of aliphatic hydroxyl groups excluding tert-OH is 1. The highest BCUT2D eigenvalue weighted by molar-refractivity contribution is 5.32. The van der Waals surface area contributed by atoms with Gasteiger partial charge in [-0.25, -0.2) is 0 Å². The van der Waals surface area contributed by atoms with Crippen molar-refractivity contribution in [3.05, 3.63) is 39.9 Å². The van der Waals surface area contributed by atoms with Crippen LogP contribution in [-0.2, 0) is 6.61 Å². The molecule has 1 aromatic rings. The number of nitrogens with zero attached hydrogens (tertiary/aromatic N) is 1. The van der Waals surface area contributed by atoms with Crippen molar-refractivity contribution < 1.29 is 10.0 Å². The predicted molar refractivity (Wildman–Crippen MR) is 72.4 cm³/mol. The van der Waals surface area contributed by atoms with Gasteiger partial charge in [0.05, 0.1) is 11.5 Å². The van der Waals surface area contributed by atoms with E-state index < -0.39 is 4.92 Å². The average Bonchev–Trinajstić information content (AvgIpc) is 2.28. The van der Waals surface area contributed by atoms with Crippen molar-refractivity contribution in [3.8, 4) is 0 Å². The zero-order chi connectivity index (χ0) is 14.1. The van der Waals surface area contributed by atoms with E-state index in [2.05, 4.69) is 33.0 Å². The van der Waals surface area contributed by atoms with E-state index >= 15 is 0 Å². The molecule has 5 nitrogen and oxygen atoms in total. The molecule has 0 unspecified atom stereocenters. The molecule has 0 radical (unpaired) electrons. The Morgan fingerprint density at radius 3 is 1.83 bits per heavy atom. The monoisotopic (exact) mass is 254 g/mol. The number of aliphatic hydroxyl groups is 1. The third-order valence-electron chi connectivity index (χ3n) is 2.00. The summed E-state index contributed by atoms with van der Waals surface area (Å²) in [4.78, 5) is 9.67. The van der Waals surface area contributed by atoms with E-state index in [4.69, 9.17) is 5.11 Å². The first-order valence-corrected chi connectivity index (χ1v) is 5.97. The van der Waals surface area contributed by atoms with Crippen LogP contribution in [0.15, 0.2) is 24.3 Å². The van der Waals surface area contributed by atoms with E-state index in [1.54, 1.807) is 0 Å². The largest absolute Gasteiger partial charge is 0.392 e. The molecule has 0 aliphatic heterocycles. The molecule has 0 aromatic heterocycles. The van der Waals surface area contributed by atoms with Crippen LogP contribution in [0.1, 0.15) is 33.3 Å². The second-order valence-electron chi connectivity index (χ2n) is 4.56. The Kier molecular flexibility index (Phi) is 7.91. The highest BCUT2D eigenvalue weighted by Gasteiger charge is 2.02. The molecule has 2 N–H and O–H groups in total. The lowest BCUT2D eigenvalue weighted by molar-refractivity contribution is -0.384. The Bertz CT molecular complexity index is 342. The van der Waals surface area contributed by atoms with Crippen LogP contribution in [0.3, 0.4) is 0 Å². The second kappa shape index (κ2) is 8.60. The number of nitrogens with one attached hydrogen (secondary N) is 1. The van der Waals surface area contributed by atoms with Gasteiger partial charge in [-0.1, -0.05) is 27.7 Å². The van der Waals surface area contributed by atoms with Gasteiger partial charge in [0.25, 0.3) is 5.69 Å². The molecule has 5 heteroatoms. The molecule has 1 rings (SSSR count). The lowest BCUT2D eigenvalue weighted by atomic mass is 10.2. The molecule has 0 heterocycles. The first kappa shape index (κ1) is 16.5. The molecule has 1 aromatic carbocycles. The fourth-order valence-corrected chi connectivity index (χ4v) is 1.39. The van der Waals surface area contributed by atoms with Crippen molar-refractivity contribution in [1.82, 2.24) is 5.32 Å². The number of nitro benzene ring substituents is 1. The quantitative estimate of drug-likeness (QED) is 0.639. The normalized spacial score (nSPS) is 10.2. The zero-order valence-electron chi connectivity index (χ0n) is 11.4. The van der Waals surface area contributed by atoms with E-state index in [-0.39, 0.29) is 12.3 Å². The smallest absolute Gasteiger partial charge is 0.269 e. The van der Waals surface area contributed by atoms with Gasteiger partial charge in [-0.05, 0) is 17.7 Å². The maximum Gasteiger partial charge on any atom is 0.269 e. The van der Waals surface area contributed by atoms with E-state index in [0.717, 1.165) is 0 Å². The van der Waals surface area contributed by atoms with Crippen LogP contribution in [0.25, 0.3) is 0 Å². The van der Waals surface area contributed by atoms with Crippen LogP contribution in [0.2, 0.25) is 0 Å². The summed E-state index contributed by atoms with van der Waals surface area (Å²) < 4.78 is 0. The van der Waals surface area contributed by atoms with Crippen molar-refractivity contribution in [3.63, 3.8) is 0 Å². The minimum absolute atomic E-state index is 0.0437. The highest BCUT2D eigenvalue weighted by atomic mass is 16.6. The van der Waals surface area contributed by atoms with Crippen LogP contribution in [-0.4, -0.2) is 22.1 Å². The van der Waals surface area contributed by atoms with Gasteiger partial charge in [0.2, 0.25) is 0 Å². The first-order chi connectivity index (χ1) is 8.36. The van der Waals surface area contributed by atoms with E-state index in [0.29, 0.717) is 17.6 Å². The third kappa shape index (κ3) is 7.76. The topological polar surface area (TPSA) is 75.4 Å². The van der Waals surface area contributed by atoms with Crippen LogP contribution < -0.4 is 5.32 Å². The summed E-state index contributed by atoms with van der Waals surface area (Å²) in [7, 11) is 0. The maximum absolute atomic E-state index is 10.1. The molecule has 0 atom stereocenters. The van der Waals surface area contributed by atoms with Crippen molar-refractivity contribution in [1.29, 1.82) is 0 Å². The fourth-order valence-electron chi connectivity index (χ4n) is 1.39. The number of rotatable bonds is 4. The Balaban J connectivity index is 0.000000360. The van der Waals surface area contributed by atoms with Gasteiger partial charge < -0.3 is 10.4 Å². The van der Waals surface area contributed by atoms with Crippen molar-refractivity contribution in [2.45, 2.75) is 46.4 Å². The van der Waals surface area contributed by atoms with Gasteiger partial charge in [0, 0.05) is 24.2 Å². The molecule has 0 fully saturated rings. The lowest BCUT2D eigenvalue weighted by Gasteiger charge is -2.10. The highest BCUT2D eigenvalue weighted by Crippen LogP contribution is 2.11. The molecule has 0 spiro atoms. The summed E-state index contributed by atoms with van der Waals surface area (Å²) in [6.45, 7) is 8.53. The number of nitro groups is 1. The minimum atomic E-state index is -0.471. The standard InChI is InChI=1S/C7H7NO3.C6H15N/c9-5-6-1-3-7(4-2-6)8(10)11;1-5(2)7-6(3)4/h1-4,9H,5H2;5-7H,1-4H3. The molecule has 0 amide bonds. The molecular formula is C13H22N2O3. The van der Waals surface area contributed by atoms with Crippen molar-refractivity contribution in [2.75, 3.05) is 0 Å². The number of non-ortho nitro benzene ring substituents is 1. The average molecular weight is 254 g/mol. The fraction of sp³-hybridized carbons (Fsp3) is 0.538. The van der Waals surface area contributed by atoms with E-state index in [1.165, 1.54) is 24.3 Å². The Labute approximate surface area is 108 Å². The van der Waals surface area contributed by atoms with Crippen molar-refractivity contribution in [2.24, 2.45) is 0 Å². The Hall–Kier alpha value is -1.46. The predicted octanol–water partition coefficient (Wildman–Crippen LogP) is 2.48. The summed E-state index contributed by atoms with van der Waals surface area (Å²) in [6.07, 6.45) is 0. The molecule has 0 bridgehead atoms. The maximum atomic E-state index is 10.1. The molecule has 0 aliphatic carbocycles. The Morgan fingerprint density at radius 1 is 1.17 bits per heavy atom. The second-order valence-corrected chi connectivity index (χ2v) is 4.56. The van der Waals surface area contributed by atoms with Crippen LogP contribution in [0, 0.1) is 10.1 Å². The van der Waals surface area contributed by atoms with Crippen molar-refractivity contribution >= 4 is 5.69 Å². The van der Waals surface area contributed by atoms with E-state index in [1.807, 2.05) is 0 Å². The van der Waals surface area contributed by atoms with Crippen LogP contribution >= 0.6 is 0 Å². The summed E-state index contributed by atoms with van der Waals surface area (Å²) in [6, 6.07) is 7.04. The summed E-state index contributed by atoms with van der Waals surface area (Å²) >= 11 is 0. The molecular weight excluding hydrogens is 232 g/mol. The van der Waals surface area contributed by atoms with Gasteiger partial charge in [-0.15, -0.1) is 0 Å². The van der Waals surface area contributed by atoms with Gasteiger partial charge in [0.1, 0.15) is 0 Å². The SMILES string of the molecule is CC(C)NC(C)C.O=[N+]([O-])c1ccc(CO)cc1. The van der Waals surface area contributed by atoms with Gasteiger partial charge in [-0.2, -0.15) is 0 Å². The molecule has 18 heavy (non-hydrogen) atoms. The molecule has 0 aliphatic rings. The third-order valence-corrected chi connectivity index (χ3v) is 2.00. The first-order valence-electron chi connectivity index (χ1n) is 5.97. The molecule has 0 saturated carbocycles. The van der Waals surface area contributed by atoms with E-state index in [9.17, 15) is 10.1 Å². The lowest BCUT2D eigenvalue weighted by Crippen LogP contribution is -2.29. The van der Waals surface area contributed by atoms with Gasteiger partial charge >= 0.3 is 0 Å². The summed E-state index contributed by atoms with van der Waals surface area (Å²) in [5.74, 6) is 0. The van der Waals surface area contributed by atoms with Crippen LogP contribution in [0.5, 0.6) is 0 Å². The molecule has 0 saturated heterocycles. The van der Waals surface area contributed by atoms with Crippen LogP contribution in [0.4, 0.5) is 5.69 Å².